The minimum absolute atomic E-state index is 0.212. The number of imide groups is 1. The van der Waals surface area contributed by atoms with E-state index in [-0.39, 0.29) is 37.4 Å². The van der Waals surface area contributed by atoms with Gasteiger partial charge in [-0.1, -0.05) is 12.1 Å². The molecule has 5 amide bonds. The number of carbonyl (C=O) groups excluding carboxylic acids is 4. The smallest absolute Gasteiger partial charge is 0.319 e. The number of carbonyl (C=O) groups is 4. The molecule has 2 aliphatic heterocycles. The van der Waals surface area contributed by atoms with Gasteiger partial charge in [0.2, 0.25) is 11.8 Å². The maximum Gasteiger partial charge on any atom is 0.319 e. The maximum atomic E-state index is 12.8. The number of ether oxygens (including phenoxy) is 1. The van der Waals surface area contributed by atoms with Crippen molar-refractivity contribution in [2.45, 2.75) is 57.7 Å². The van der Waals surface area contributed by atoms with Crippen molar-refractivity contribution in [3.63, 3.8) is 0 Å². The topological polar surface area (TPSA) is 137 Å². The molecule has 10 heteroatoms. The van der Waals surface area contributed by atoms with Gasteiger partial charge < -0.3 is 25.4 Å². The summed E-state index contributed by atoms with van der Waals surface area (Å²) in [7, 11) is 0. The van der Waals surface area contributed by atoms with E-state index in [1.807, 2.05) is 18.2 Å². The average molecular weight is 535 g/mol. The first-order valence-corrected chi connectivity index (χ1v) is 13.5. The van der Waals surface area contributed by atoms with Crippen molar-refractivity contribution in [2.24, 2.45) is 11.8 Å². The minimum Gasteiger partial charge on any atom is -0.493 e. The van der Waals surface area contributed by atoms with Crippen LogP contribution < -0.4 is 20.7 Å². The summed E-state index contributed by atoms with van der Waals surface area (Å²) in [5.41, 5.74) is 2.80. The molecule has 0 aromatic heterocycles. The first-order valence-electron chi connectivity index (χ1n) is 13.5. The van der Waals surface area contributed by atoms with Crippen LogP contribution in [0.25, 0.3) is 0 Å². The van der Waals surface area contributed by atoms with Gasteiger partial charge in [-0.3, -0.25) is 19.7 Å². The zero-order valence-corrected chi connectivity index (χ0v) is 21.8. The van der Waals surface area contributed by atoms with E-state index >= 15 is 0 Å². The number of benzene rings is 2. The summed E-state index contributed by atoms with van der Waals surface area (Å²) in [5.74, 6) is 0.715. The van der Waals surface area contributed by atoms with E-state index < -0.39 is 11.9 Å². The van der Waals surface area contributed by atoms with E-state index in [0.29, 0.717) is 42.7 Å². The zero-order chi connectivity index (χ0) is 27.4. The summed E-state index contributed by atoms with van der Waals surface area (Å²) in [6.07, 6.45) is 4.77. The normalized spacial score (nSPS) is 22.7. The lowest BCUT2D eigenvalue weighted by Crippen LogP contribution is -2.52. The third kappa shape index (κ3) is 6.39. The number of fused-ring (bicyclic) bond motifs is 1. The van der Waals surface area contributed by atoms with Gasteiger partial charge in [0.1, 0.15) is 11.8 Å². The number of nitrogens with one attached hydrogen (secondary N) is 3. The summed E-state index contributed by atoms with van der Waals surface area (Å²) in [5, 5.41) is 17.2. The predicted molar refractivity (Wildman–Crippen MR) is 143 cm³/mol. The van der Waals surface area contributed by atoms with Crippen LogP contribution in [0.3, 0.4) is 0 Å². The van der Waals surface area contributed by atoms with E-state index in [9.17, 15) is 24.3 Å². The first-order chi connectivity index (χ1) is 18.9. The molecular weight excluding hydrogens is 500 g/mol. The van der Waals surface area contributed by atoms with Crippen molar-refractivity contribution in [3.05, 3.63) is 59.2 Å². The number of urea groups is 1. The van der Waals surface area contributed by atoms with Gasteiger partial charge in [-0.2, -0.15) is 0 Å². The van der Waals surface area contributed by atoms with Gasteiger partial charge in [-0.05, 0) is 85.4 Å². The maximum absolute atomic E-state index is 12.8. The summed E-state index contributed by atoms with van der Waals surface area (Å²) in [4.78, 5) is 50.5. The lowest BCUT2D eigenvalue weighted by atomic mass is 9.83. The molecule has 2 heterocycles. The quantitative estimate of drug-likeness (QED) is 0.385. The highest BCUT2D eigenvalue weighted by atomic mass is 16.5. The van der Waals surface area contributed by atoms with Crippen molar-refractivity contribution in [1.29, 1.82) is 0 Å². The molecule has 0 radical (unpaired) electrons. The number of piperidine rings is 1. The first kappa shape index (κ1) is 26.7. The summed E-state index contributed by atoms with van der Waals surface area (Å²) in [6, 6.07) is 11.6. The monoisotopic (exact) mass is 534 g/mol. The lowest BCUT2D eigenvalue weighted by Gasteiger charge is -2.29. The molecule has 1 aliphatic carbocycles. The van der Waals surface area contributed by atoms with Crippen LogP contribution in [-0.4, -0.2) is 53.0 Å². The van der Waals surface area contributed by atoms with E-state index in [1.54, 1.807) is 24.3 Å². The second-order valence-corrected chi connectivity index (χ2v) is 10.6. The highest BCUT2D eigenvalue weighted by Gasteiger charge is 2.39. The molecule has 39 heavy (non-hydrogen) atoms. The van der Waals surface area contributed by atoms with Crippen LogP contribution in [0.4, 0.5) is 10.5 Å². The third-order valence-electron chi connectivity index (χ3n) is 7.86. The van der Waals surface area contributed by atoms with Crippen LogP contribution in [0.1, 0.15) is 60.0 Å². The molecule has 5 rings (SSSR count). The second-order valence-electron chi connectivity index (χ2n) is 10.6. The van der Waals surface area contributed by atoms with Gasteiger partial charge in [-0.15, -0.1) is 0 Å². The molecule has 1 saturated carbocycles. The fraction of sp³-hybridized carbons (Fsp3) is 0.448. The largest absolute Gasteiger partial charge is 0.493 e. The SMILES string of the molecule is O=C1CC[C@@H](N2Cc3cc(CNC(=O)Nc4ccc(OCC5CCC(CO)CC5)cc4)ccc3C2=O)C(=O)N1. The fourth-order valence-electron chi connectivity index (χ4n) is 5.52. The Morgan fingerprint density at radius 2 is 1.74 bits per heavy atom. The molecule has 1 atom stereocenters. The van der Waals surface area contributed by atoms with Crippen LogP contribution >= 0.6 is 0 Å². The molecule has 0 unspecified atom stereocenters. The van der Waals surface area contributed by atoms with Crippen LogP contribution in [0.2, 0.25) is 0 Å². The molecule has 4 N–H and O–H groups in total. The van der Waals surface area contributed by atoms with E-state index in [4.69, 9.17) is 4.74 Å². The molecule has 0 spiro atoms. The number of hydrogen-bond donors (Lipinski definition) is 4. The van der Waals surface area contributed by atoms with Crippen molar-refractivity contribution in [2.75, 3.05) is 18.5 Å². The number of aliphatic hydroxyl groups excluding tert-OH is 1. The van der Waals surface area contributed by atoms with Crippen molar-refractivity contribution < 1.29 is 29.0 Å². The molecule has 2 aromatic carbocycles. The Morgan fingerprint density at radius 3 is 2.46 bits per heavy atom. The molecule has 1 saturated heterocycles. The summed E-state index contributed by atoms with van der Waals surface area (Å²) in [6.45, 7) is 1.49. The number of rotatable bonds is 8. The molecule has 2 aromatic rings. The molecule has 0 bridgehead atoms. The van der Waals surface area contributed by atoms with Crippen LogP contribution in [0.15, 0.2) is 42.5 Å². The van der Waals surface area contributed by atoms with E-state index in [1.165, 1.54) is 4.90 Å². The Hall–Kier alpha value is -3.92. The van der Waals surface area contributed by atoms with Crippen LogP contribution in [0, 0.1) is 11.8 Å². The van der Waals surface area contributed by atoms with E-state index in [0.717, 1.165) is 42.6 Å². The minimum atomic E-state index is -0.654. The number of anilines is 1. The van der Waals surface area contributed by atoms with Gasteiger partial charge in [0, 0.05) is 37.4 Å². The molecule has 206 valence electrons. The number of hydrogen-bond acceptors (Lipinski definition) is 6. The Bertz CT molecular complexity index is 1240. The number of aliphatic hydroxyl groups is 1. The van der Waals surface area contributed by atoms with Gasteiger partial charge in [0.15, 0.2) is 0 Å². The Morgan fingerprint density at radius 1 is 1.00 bits per heavy atom. The van der Waals surface area contributed by atoms with Gasteiger partial charge in [0.05, 0.1) is 6.61 Å². The summed E-state index contributed by atoms with van der Waals surface area (Å²) < 4.78 is 5.93. The fourth-order valence-corrected chi connectivity index (χ4v) is 5.52. The Labute approximate surface area is 227 Å². The average Bonchev–Trinajstić information content (AvgIpc) is 3.27. The lowest BCUT2D eigenvalue weighted by molar-refractivity contribution is -0.136. The number of amides is 5. The van der Waals surface area contributed by atoms with Gasteiger partial charge in [0.25, 0.3) is 5.91 Å². The summed E-state index contributed by atoms with van der Waals surface area (Å²) >= 11 is 0. The van der Waals surface area contributed by atoms with Crippen LogP contribution in [0.5, 0.6) is 5.75 Å². The Balaban J connectivity index is 1.08. The van der Waals surface area contributed by atoms with Gasteiger partial charge >= 0.3 is 6.03 Å². The third-order valence-corrected chi connectivity index (χ3v) is 7.86. The predicted octanol–water partition coefficient (Wildman–Crippen LogP) is 2.95. The Kier molecular flexibility index (Phi) is 8.11. The molecular formula is C29H34N4O6. The van der Waals surface area contributed by atoms with Crippen molar-refractivity contribution in [1.82, 2.24) is 15.5 Å². The van der Waals surface area contributed by atoms with Crippen LogP contribution in [-0.2, 0) is 22.7 Å². The van der Waals surface area contributed by atoms with Gasteiger partial charge in [-0.25, -0.2) is 4.79 Å². The highest BCUT2D eigenvalue weighted by Crippen LogP contribution is 2.30. The van der Waals surface area contributed by atoms with E-state index in [2.05, 4.69) is 16.0 Å². The molecule has 3 aliphatic rings. The van der Waals surface area contributed by atoms with Crippen molar-refractivity contribution >= 4 is 29.4 Å². The molecule has 2 fully saturated rings. The zero-order valence-electron chi connectivity index (χ0n) is 21.8. The number of nitrogens with zero attached hydrogens (tertiary/aromatic N) is 1. The van der Waals surface area contributed by atoms with Crippen molar-refractivity contribution in [3.8, 4) is 5.75 Å². The standard InChI is InChI=1S/C29H34N4O6/c34-16-18-1-3-19(4-2-18)17-39-23-8-6-22(7-9-23)31-29(38)30-14-20-5-10-24-21(13-20)15-33(28(24)37)25-11-12-26(35)32-27(25)36/h5-10,13,18-19,25,34H,1-4,11-12,14-17H2,(H2,30,31,38)(H,32,35,36)/t18?,19?,25-/m1/s1. The second kappa shape index (κ2) is 11.9. The highest BCUT2D eigenvalue weighted by molar-refractivity contribution is 6.05. The molecule has 10 nitrogen and oxygen atoms in total.